The van der Waals surface area contributed by atoms with Crippen LogP contribution in [0.4, 0.5) is 0 Å². The van der Waals surface area contributed by atoms with Gasteiger partial charge in [0, 0.05) is 22.3 Å². The maximum absolute atomic E-state index is 4.07. The summed E-state index contributed by atoms with van der Waals surface area (Å²) in [6.07, 6.45) is 1.59. The van der Waals surface area contributed by atoms with Crippen LogP contribution < -0.4 is 0 Å². The van der Waals surface area contributed by atoms with E-state index in [9.17, 15) is 0 Å². The van der Waals surface area contributed by atoms with Crippen molar-refractivity contribution in [3.05, 3.63) is 23.3 Å². The summed E-state index contributed by atoms with van der Waals surface area (Å²) in [5.41, 5.74) is 3.32. The highest BCUT2D eigenvalue weighted by atomic mass is 79.9. The molecule has 1 heterocycles. The maximum atomic E-state index is 4.07. The number of alkyl halides is 1. The summed E-state index contributed by atoms with van der Waals surface area (Å²) in [5, 5.41) is 0.839. The van der Waals surface area contributed by atoms with E-state index in [1.54, 1.807) is 6.33 Å². The second-order valence-corrected chi connectivity index (χ2v) is 2.72. The third-order valence-corrected chi connectivity index (χ3v) is 2.07. The van der Waals surface area contributed by atoms with Crippen LogP contribution in [-0.2, 0) is 5.33 Å². The Hall–Kier alpha value is -0.440. The van der Waals surface area contributed by atoms with Gasteiger partial charge in [-0.25, -0.2) is 9.97 Å². The topological polar surface area (TPSA) is 25.8 Å². The summed E-state index contributed by atoms with van der Waals surface area (Å²) >= 11 is 3.38. The number of rotatable bonds is 1. The first-order chi connectivity index (χ1) is 4.75. The van der Waals surface area contributed by atoms with E-state index >= 15 is 0 Å². The molecule has 0 radical (unpaired) electrons. The van der Waals surface area contributed by atoms with E-state index in [1.807, 2.05) is 13.8 Å². The van der Waals surface area contributed by atoms with E-state index in [1.165, 1.54) is 5.56 Å². The van der Waals surface area contributed by atoms with Crippen molar-refractivity contribution in [1.82, 2.24) is 9.97 Å². The monoisotopic (exact) mass is 200 g/mol. The van der Waals surface area contributed by atoms with Crippen molar-refractivity contribution in [2.45, 2.75) is 19.2 Å². The summed E-state index contributed by atoms with van der Waals surface area (Å²) in [7, 11) is 0. The van der Waals surface area contributed by atoms with Crippen LogP contribution in [0.25, 0.3) is 0 Å². The Morgan fingerprint density at radius 1 is 1.30 bits per heavy atom. The maximum Gasteiger partial charge on any atom is 0.115 e. The zero-order valence-corrected chi connectivity index (χ0v) is 7.64. The molecule has 0 aliphatic heterocycles. The summed E-state index contributed by atoms with van der Waals surface area (Å²) in [6, 6.07) is 0. The zero-order chi connectivity index (χ0) is 7.56. The minimum Gasteiger partial charge on any atom is -0.241 e. The van der Waals surface area contributed by atoms with E-state index in [0.29, 0.717) is 0 Å². The average molecular weight is 201 g/mol. The lowest BCUT2D eigenvalue weighted by Crippen LogP contribution is -1.95. The smallest absolute Gasteiger partial charge is 0.115 e. The quantitative estimate of drug-likeness (QED) is 0.649. The van der Waals surface area contributed by atoms with Gasteiger partial charge in [-0.1, -0.05) is 15.9 Å². The molecule has 10 heavy (non-hydrogen) atoms. The van der Waals surface area contributed by atoms with Crippen molar-refractivity contribution in [2.24, 2.45) is 0 Å². The van der Waals surface area contributed by atoms with Gasteiger partial charge in [0.2, 0.25) is 0 Å². The van der Waals surface area contributed by atoms with Gasteiger partial charge >= 0.3 is 0 Å². The van der Waals surface area contributed by atoms with Crippen LogP contribution in [0.3, 0.4) is 0 Å². The molecule has 3 heteroatoms. The lowest BCUT2D eigenvalue weighted by Gasteiger charge is -2.01. The Balaban J connectivity index is 3.17. The van der Waals surface area contributed by atoms with Gasteiger partial charge in [0.15, 0.2) is 0 Å². The Labute approximate surface area is 68.8 Å². The van der Waals surface area contributed by atoms with Crippen LogP contribution in [0.15, 0.2) is 6.33 Å². The van der Waals surface area contributed by atoms with Gasteiger partial charge in [0.25, 0.3) is 0 Å². The van der Waals surface area contributed by atoms with Gasteiger partial charge in [-0.05, 0) is 13.8 Å². The fourth-order valence-electron chi connectivity index (χ4n) is 0.813. The molecule has 1 aromatic heterocycles. The lowest BCUT2D eigenvalue weighted by molar-refractivity contribution is 1.01. The Morgan fingerprint density at radius 3 is 2.10 bits per heavy atom. The summed E-state index contributed by atoms with van der Waals surface area (Å²) in [6.45, 7) is 3.98. The standard InChI is InChI=1S/C7H9BrN2/c1-5-7(3-8)6(2)10-4-9-5/h4H,3H2,1-2H3. The van der Waals surface area contributed by atoms with Crippen molar-refractivity contribution in [1.29, 1.82) is 0 Å². The molecule has 2 nitrogen and oxygen atoms in total. The third-order valence-electron chi connectivity index (χ3n) is 1.51. The van der Waals surface area contributed by atoms with Crippen molar-refractivity contribution in [3.8, 4) is 0 Å². The number of aryl methyl sites for hydroxylation is 2. The molecule has 0 unspecified atom stereocenters. The summed E-state index contributed by atoms with van der Waals surface area (Å²) < 4.78 is 0. The van der Waals surface area contributed by atoms with Gasteiger partial charge in [-0.15, -0.1) is 0 Å². The molecule has 0 aromatic carbocycles. The van der Waals surface area contributed by atoms with Crippen molar-refractivity contribution < 1.29 is 0 Å². The molecule has 0 saturated carbocycles. The normalized spacial score (nSPS) is 9.90. The molecule has 54 valence electrons. The van der Waals surface area contributed by atoms with Crippen LogP contribution in [0.1, 0.15) is 17.0 Å². The third kappa shape index (κ3) is 1.34. The lowest BCUT2D eigenvalue weighted by atomic mass is 10.2. The fraction of sp³-hybridized carbons (Fsp3) is 0.429. The molecular formula is C7H9BrN2. The van der Waals surface area contributed by atoms with E-state index in [4.69, 9.17) is 0 Å². The molecule has 0 fully saturated rings. The highest BCUT2D eigenvalue weighted by molar-refractivity contribution is 9.08. The van der Waals surface area contributed by atoms with Crippen LogP contribution in [0.2, 0.25) is 0 Å². The number of hydrogen-bond donors (Lipinski definition) is 0. The SMILES string of the molecule is Cc1ncnc(C)c1CBr. The second-order valence-electron chi connectivity index (χ2n) is 2.16. The van der Waals surface area contributed by atoms with E-state index in [-0.39, 0.29) is 0 Å². The highest BCUT2D eigenvalue weighted by Crippen LogP contribution is 2.11. The molecular weight excluding hydrogens is 192 g/mol. The Morgan fingerprint density at radius 2 is 1.80 bits per heavy atom. The number of aromatic nitrogens is 2. The van der Waals surface area contributed by atoms with Gasteiger partial charge in [-0.2, -0.15) is 0 Å². The molecule has 0 aliphatic carbocycles. The average Bonchev–Trinajstić information content (AvgIpc) is 1.88. The summed E-state index contributed by atoms with van der Waals surface area (Å²) in [4.78, 5) is 8.14. The van der Waals surface area contributed by atoms with Crippen molar-refractivity contribution in [3.63, 3.8) is 0 Å². The highest BCUT2D eigenvalue weighted by Gasteiger charge is 2.00. The predicted molar refractivity (Wildman–Crippen MR) is 44.1 cm³/mol. The second kappa shape index (κ2) is 3.10. The van der Waals surface area contributed by atoms with Gasteiger partial charge in [0.1, 0.15) is 6.33 Å². The molecule has 0 N–H and O–H groups in total. The number of halogens is 1. The largest absolute Gasteiger partial charge is 0.241 e. The van der Waals surface area contributed by atoms with Gasteiger partial charge < -0.3 is 0 Å². The predicted octanol–water partition coefficient (Wildman–Crippen LogP) is 1.99. The van der Waals surface area contributed by atoms with Crippen LogP contribution >= 0.6 is 15.9 Å². The molecule has 0 spiro atoms. The Kier molecular flexibility index (Phi) is 2.38. The molecule has 0 saturated heterocycles. The van der Waals surface area contributed by atoms with Gasteiger partial charge in [0.05, 0.1) is 0 Å². The molecule has 0 atom stereocenters. The molecule has 1 aromatic rings. The molecule has 0 aliphatic rings. The van der Waals surface area contributed by atoms with E-state index in [2.05, 4.69) is 25.9 Å². The number of nitrogens with zero attached hydrogens (tertiary/aromatic N) is 2. The van der Waals surface area contributed by atoms with E-state index in [0.717, 1.165) is 16.7 Å². The minimum absolute atomic E-state index is 0.839. The first-order valence-corrected chi connectivity index (χ1v) is 4.21. The minimum atomic E-state index is 0.839. The first-order valence-electron chi connectivity index (χ1n) is 3.08. The van der Waals surface area contributed by atoms with Crippen molar-refractivity contribution >= 4 is 15.9 Å². The van der Waals surface area contributed by atoms with Crippen molar-refractivity contribution in [2.75, 3.05) is 0 Å². The zero-order valence-electron chi connectivity index (χ0n) is 6.06. The number of hydrogen-bond acceptors (Lipinski definition) is 2. The van der Waals surface area contributed by atoms with E-state index < -0.39 is 0 Å². The molecule has 1 rings (SSSR count). The van der Waals surface area contributed by atoms with Crippen LogP contribution in [-0.4, -0.2) is 9.97 Å². The molecule has 0 bridgehead atoms. The Bertz CT molecular complexity index is 215. The van der Waals surface area contributed by atoms with Gasteiger partial charge in [-0.3, -0.25) is 0 Å². The molecule has 0 amide bonds. The fourth-order valence-corrected chi connectivity index (χ4v) is 1.62. The summed E-state index contributed by atoms with van der Waals surface area (Å²) in [5.74, 6) is 0. The first kappa shape index (κ1) is 7.66. The van der Waals surface area contributed by atoms with Crippen LogP contribution in [0, 0.1) is 13.8 Å². The van der Waals surface area contributed by atoms with Crippen LogP contribution in [0.5, 0.6) is 0 Å².